The number of pyridine rings is 1. The van der Waals surface area contributed by atoms with Crippen molar-refractivity contribution in [2.24, 2.45) is 12.8 Å². The summed E-state index contributed by atoms with van der Waals surface area (Å²) >= 11 is 0. The van der Waals surface area contributed by atoms with Crippen LogP contribution in [0.1, 0.15) is 36.6 Å². The summed E-state index contributed by atoms with van der Waals surface area (Å²) in [6, 6.07) is 2.05. The summed E-state index contributed by atoms with van der Waals surface area (Å²) in [5.74, 6) is 0.348. The van der Waals surface area contributed by atoms with Gasteiger partial charge in [-0.3, -0.25) is 4.79 Å². The number of aryl methyl sites for hydroxylation is 1. The van der Waals surface area contributed by atoms with Crippen molar-refractivity contribution >= 4 is 0 Å². The molecule has 0 saturated carbocycles. The molecule has 0 amide bonds. The van der Waals surface area contributed by atoms with Crippen molar-refractivity contribution in [3.8, 4) is 0 Å². The maximum Gasteiger partial charge on any atom is 0.255 e. The lowest BCUT2D eigenvalue weighted by Crippen LogP contribution is -2.27. The highest BCUT2D eigenvalue weighted by Crippen LogP contribution is 2.17. The van der Waals surface area contributed by atoms with Crippen LogP contribution in [0.2, 0.25) is 0 Å². The molecule has 14 heavy (non-hydrogen) atoms. The third kappa shape index (κ3) is 1.73. The van der Waals surface area contributed by atoms with Crippen LogP contribution in [0.15, 0.2) is 10.9 Å². The van der Waals surface area contributed by atoms with Gasteiger partial charge in [0.25, 0.3) is 5.56 Å². The molecule has 3 heteroatoms. The first-order valence-corrected chi connectivity index (χ1v) is 4.88. The van der Waals surface area contributed by atoms with Gasteiger partial charge in [-0.15, -0.1) is 0 Å². The predicted molar refractivity (Wildman–Crippen MR) is 58.4 cm³/mol. The quantitative estimate of drug-likeness (QED) is 0.771. The van der Waals surface area contributed by atoms with Crippen LogP contribution in [0.4, 0.5) is 0 Å². The Labute approximate surface area is 84.6 Å². The fourth-order valence-electron chi connectivity index (χ4n) is 1.62. The van der Waals surface area contributed by atoms with Gasteiger partial charge in [0.05, 0.1) is 0 Å². The van der Waals surface area contributed by atoms with Crippen LogP contribution in [0.25, 0.3) is 0 Å². The van der Waals surface area contributed by atoms with Crippen LogP contribution in [0.5, 0.6) is 0 Å². The normalized spacial score (nSPS) is 11.0. The monoisotopic (exact) mass is 194 g/mol. The first-order chi connectivity index (χ1) is 6.49. The van der Waals surface area contributed by atoms with Gasteiger partial charge >= 0.3 is 0 Å². The van der Waals surface area contributed by atoms with Crippen molar-refractivity contribution in [1.29, 1.82) is 0 Å². The zero-order valence-corrected chi connectivity index (χ0v) is 9.29. The van der Waals surface area contributed by atoms with E-state index in [0.29, 0.717) is 12.5 Å². The molecule has 0 fully saturated rings. The Morgan fingerprint density at radius 3 is 2.50 bits per heavy atom. The fourth-order valence-corrected chi connectivity index (χ4v) is 1.62. The van der Waals surface area contributed by atoms with E-state index in [1.807, 2.05) is 13.0 Å². The highest BCUT2D eigenvalue weighted by atomic mass is 16.1. The summed E-state index contributed by atoms with van der Waals surface area (Å²) in [5, 5.41) is 0. The minimum Gasteiger partial charge on any atom is -0.326 e. The molecule has 0 aromatic carbocycles. The van der Waals surface area contributed by atoms with Crippen LogP contribution in [-0.4, -0.2) is 4.57 Å². The van der Waals surface area contributed by atoms with Crippen molar-refractivity contribution < 1.29 is 0 Å². The van der Waals surface area contributed by atoms with Crippen LogP contribution in [-0.2, 0) is 13.6 Å². The van der Waals surface area contributed by atoms with Crippen molar-refractivity contribution in [2.75, 3.05) is 0 Å². The van der Waals surface area contributed by atoms with Gasteiger partial charge in [-0.25, -0.2) is 0 Å². The third-order valence-electron chi connectivity index (χ3n) is 2.63. The molecular weight excluding hydrogens is 176 g/mol. The summed E-state index contributed by atoms with van der Waals surface area (Å²) in [7, 11) is 1.78. The van der Waals surface area contributed by atoms with Gasteiger partial charge in [0.2, 0.25) is 0 Å². The van der Waals surface area contributed by atoms with E-state index in [1.54, 1.807) is 11.6 Å². The predicted octanol–water partition coefficient (Wildman–Crippen LogP) is 1.28. The molecule has 2 N–H and O–H groups in total. The maximum absolute atomic E-state index is 11.8. The van der Waals surface area contributed by atoms with Crippen LogP contribution in [0, 0.1) is 6.92 Å². The van der Waals surface area contributed by atoms with E-state index in [1.165, 1.54) is 0 Å². The van der Waals surface area contributed by atoms with E-state index in [4.69, 9.17) is 5.73 Å². The zero-order chi connectivity index (χ0) is 10.9. The van der Waals surface area contributed by atoms with Crippen molar-refractivity contribution in [1.82, 2.24) is 4.57 Å². The zero-order valence-electron chi connectivity index (χ0n) is 9.29. The number of nitrogens with zero attached hydrogens (tertiary/aromatic N) is 1. The summed E-state index contributed by atoms with van der Waals surface area (Å²) in [5.41, 5.74) is 8.44. The second kappa shape index (κ2) is 3.96. The smallest absolute Gasteiger partial charge is 0.255 e. The summed E-state index contributed by atoms with van der Waals surface area (Å²) in [4.78, 5) is 11.8. The Bertz CT molecular complexity index is 391. The van der Waals surface area contributed by atoms with Gasteiger partial charge in [-0.1, -0.05) is 13.8 Å². The molecule has 0 radical (unpaired) electrons. The molecule has 0 spiro atoms. The highest BCUT2D eigenvalue weighted by Gasteiger charge is 2.11. The minimum atomic E-state index is 0.0381. The van der Waals surface area contributed by atoms with Crippen LogP contribution >= 0.6 is 0 Å². The van der Waals surface area contributed by atoms with Gasteiger partial charge < -0.3 is 10.3 Å². The molecule has 0 aliphatic rings. The van der Waals surface area contributed by atoms with E-state index in [2.05, 4.69) is 13.8 Å². The minimum absolute atomic E-state index is 0.0381. The topological polar surface area (TPSA) is 48.0 Å². The second-order valence-corrected chi connectivity index (χ2v) is 3.94. The molecule has 78 valence electrons. The summed E-state index contributed by atoms with van der Waals surface area (Å²) < 4.78 is 1.65. The Hall–Kier alpha value is -1.09. The first-order valence-electron chi connectivity index (χ1n) is 4.88. The molecular formula is C11H18N2O. The standard InChI is InChI=1S/C11H18N2O/c1-7(2)9-5-8(3)13(4)11(14)10(9)6-12/h5,7H,6,12H2,1-4H3. The SMILES string of the molecule is Cc1cc(C(C)C)c(CN)c(=O)n1C. The average Bonchev–Trinajstić information content (AvgIpc) is 2.13. The molecule has 0 atom stereocenters. The van der Waals surface area contributed by atoms with E-state index in [-0.39, 0.29) is 5.56 Å². The molecule has 0 saturated heterocycles. The maximum atomic E-state index is 11.8. The van der Waals surface area contributed by atoms with Gasteiger partial charge in [-0.2, -0.15) is 0 Å². The molecule has 0 unspecified atom stereocenters. The molecule has 0 aliphatic heterocycles. The lowest BCUT2D eigenvalue weighted by atomic mass is 9.98. The van der Waals surface area contributed by atoms with Crippen LogP contribution < -0.4 is 11.3 Å². The summed E-state index contributed by atoms with van der Waals surface area (Å²) in [6.45, 7) is 6.41. The Kier molecular flexibility index (Phi) is 3.11. The molecule has 1 heterocycles. The van der Waals surface area contributed by atoms with Crippen molar-refractivity contribution in [3.05, 3.63) is 33.2 Å². The van der Waals surface area contributed by atoms with Gasteiger partial charge in [-0.05, 0) is 24.5 Å². The Balaban J connectivity index is 3.52. The number of hydrogen-bond donors (Lipinski definition) is 1. The average molecular weight is 194 g/mol. The third-order valence-corrected chi connectivity index (χ3v) is 2.63. The lowest BCUT2D eigenvalue weighted by Gasteiger charge is -2.14. The highest BCUT2D eigenvalue weighted by molar-refractivity contribution is 5.29. The summed E-state index contributed by atoms with van der Waals surface area (Å²) in [6.07, 6.45) is 0. The molecule has 3 nitrogen and oxygen atoms in total. The molecule has 0 aliphatic carbocycles. The second-order valence-electron chi connectivity index (χ2n) is 3.94. The molecule has 1 aromatic rings. The van der Waals surface area contributed by atoms with E-state index >= 15 is 0 Å². The molecule has 0 bridgehead atoms. The number of nitrogens with two attached hydrogens (primary N) is 1. The number of aromatic nitrogens is 1. The van der Waals surface area contributed by atoms with Crippen molar-refractivity contribution in [3.63, 3.8) is 0 Å². The van der Waals surface area contributed by atoms with Crippen LogP contribution in [0.3, 0.4) is 0 Å². The first kappa shape index (κ1) is 11.0. The lowest BCUT2D eigenvalue weighted by molar-refractivity contribution is 0.753. The van der Waals surface area contributed by atoms with E-state index in [0.717, 1.165) is 16.8 Å². The Morgan fingerprint density at radius 2 is 2.07 bits per heavy atom. The van der Waals surface area contributed by atoms with E-state index < -0.39 is 0 Å². The number of hydrogen-bond acceptors (Lipinski definition) is 2. The fraction of sp³-hybridized carbons (Fsp3) is 0.545. The molecule has 1 rings (SSSR count). The van der Waals surface area contributed by atoms with E-state index in [9.17, 15) is 4.79 Å². The van der Waals surface area contributed by atoms with Gasteiger partial charge in [0, 0.05) is 24.8 Å². The van der Waals surface area contributed by atoms with Gasteiger partial charge in [0.1, 0.15) is 0 Å². The molecule has 1 aromatic heterocycles. The van der Waals surface area contributed by atoms with Crippen molar-refractivity contribution in [2.45, 2.75) is 33.2 Å². The Morgan fingerprint density at radius 1 is 1.50 bits per heavy atom. The largest absolute Gasteiger partial charge is 0.326 e. The van der Waals surface area contributed by atoms with Gasteiger partial charge in [0.15, 0.2) is 0 Å². The number of rotatable bonds is 2.